The van der Waals surface area contributed by atoms with Crippen molar-refractivity contribution in [1.82, 2.24) is 19.9 Å². The Morgan fingerprint density at radius 3 is 2.64 bits per heavy atom. The number of piperidine rings is 1. The van der Waals surface area contributed by atoms with E-state index in [0.717, 1.165) is 13.0 Å². The summed E-state index contributed by atoms with van der Waals surface area (Å²) in [5, 5.41) is 1.56. The number of amides is 1. The van der Waals surface area contributed by atoms with Crippen LogP contribution in [0.25, 0.3) is 32.9 Å². The van der Waals surface area contributed by atoms with Gasteiger partial charge < -0.3 is 24.8 Å². The van der Waals surface area contributed by atoms with Crippen LogP contribution in [0.5, 0.6) is 11.8 Å². The van der Waals surface area contributed by atoms with Crippen molar-refractivity contribution in [2.24, 2.45) is 17.1 Å². The summed E-state index contributed by atoms with van der Waals surface area (Å²) in [6.45, 7) is 8.63. The van der Waals surface area contributed by atoms with Gasteiger partial charge in [0.15, 0.2) is 12.6 Å². The Kier molecular flexibility index (Phi) is 10.4. The lowest BCUT2D eigenvalue weighted by atomic mass is 9.78. The summed E-state index contributed by atoms with van der Waals surface area (Å²) >= 11 is 0. The number of hydrogen-bond acceptors (Lipinski definition) is 9. The number of rotatable bonds is 8. The highest BCUT2D eigenvalue weighted by molar-refractivity contribution is 6.02. The second kappa shape index (κ2) is 14.6. The summed E-state index contributed by atoms with van der Waals surface area (Å²) in [6.07, 6.45) is 5.33. The van der Waals surface area contributed by atoms with Gasteiger partial charge in [0.05, 0.1) is 18.4 Å². The lowest BCUT2D eigenvalue weighted by Gasteiger charge is -2.42. The molecular formula is C37H45F3N6O4. The third-order valence-corrected chi connectivity index (χ3v) is 9.94. The maximum absolute atomic E-state index is 16.6. The molecule has 0 bridgehead atoms. The minimum Gasteiger partial charge on any atom is -0.468 e. The number of aryl methyl sites for hydroxylation is 1. The van der Waals surface area contributed by atoms with Crippen LogP contribution in [-0.4, -0.2) is 85.2 Å². The second-order valence-corrected chi connectivity index (χ2v) is 14.2. The molecule has 3 saturated heterocycles. The molecule has 0 radical (unpaired) electrons. The van der Waals surface area contributed by atoms with Crippen LogP contribution in [-0.2, 0) is 16.0 Å². The first-order valence-electron chi connectivity index (χ1n) is 17.1. The summed E-state index contributed by atoms with van der Waals surface area (Å²) in [5.74, 6) is -1.11. The van der Waals surface area contributed by atoms with E-state index >= 15 is 4.39 Å². The number of ether oxygens (including phenoxy) is 3. The fourth-order valence-corrected chi connectivity index (χ4v) is 7.79. The number of aromatic nitrogens is 3. The van der Waals surface area contributed by atoms with Gasteiger partial charge in [-0.25, -0.2) is 13.2 Å². The average molecular weight is 695 g/mol. The normalized spacial score (nSPS) is 21.6. The third kappa shape index (κ3) is 7.16. The molecule has 5 heterocycles. The van der Waals surface area contributed by atoms with Crippen molar-refractivity contribution in [2.45, 2.75) is 65.1 Å². The van der Waals surface area contributed by atoms with Crippen LogP contribution in [0.15, 0.2) is 30.5 Å². The topological polar surface area (TPSA) is 116 Å². The Balaban J connectivity index is 0.000000412. The number of hydrogen-bond donors (Lipinski definition) is 1. The minimum absolute atomic E-state index is 0.0123. The Morgan fingerprint density at radius 1 is 1.14 bits per heavy atom. The maximum Gasteiger partial charge on any atom is 0.318 e. The van der Waals surface area contributed by atoms with Crippen LogP contribution in [0, 0.1) is 23.0 Å². The molecule has 0 saturated carbocycles. The van der Waals surface area contributed by atoms with Gasteiger partial charge in [0.25, 0.3) is 0 Å². The molecule has 3 fully saturated rings. The van der Waals surface area contributed by atoms with E-state index in [0.29, 0.717) is 77.4 Å². The highest BCUT2D eigenvalue weighted by Crippen LogP contribution is 2.41. The van der Waals surface area contributed by atoms with Gasteiger partial charge in [0, 0.05) is 44.5 Å². The van der Waals surface area contributed by atoms with Crippen molar-refractivity contribution >= 4 is 33.4 Å². The smallest absolute Gasteiger partial charge is 0.318 e. The Labute approximate surface area is 290 Å². The van der Waals surface area contributed by atoms with Crippen molar-refractivity contribution in [3.63, 3.8) is 0 Å². The highest BCUT2D eigenvalue weighted by Gasteiger charge is 2.37. The van der Waals surface area contributed by atoms with Gasteiger partial charge in [-0.05, 0) is 78.6 Å². The van der Waals surface area contributed by atoms with Crippen molar-refractivity contribution in [1.29, 1.82) is 0 Å². The van der Waals surface area contributed by atoms with Crippen molar-refractivity contribution in [3.8, 4) is 23.0 Å². The maximum atomic E-state index is 16.6. The van der Waals surface area contributed by atoms with Crippen molar-refractivity contribution in [3.05, 3.63) is 47.7 Å². The average Bonchev–Trinajstić information content (AvgIpc) is 3.67. The number of pyridine rings is 1. The van der Waals surface area contributed by atoms with E-state index in [-0.39, 0.29) is 29.4 Å². The lowest BCUT2D eigenvalue weighted by molar-refractivity contribution is -0.123. The molecule has 10 nitrogen and oxygen atoms in total. The summed E-state index contributed by atoms with van der Waals surface area (Å²) < 4.78 is 60.2. The zero-order valence-corrected chi connectivity index (χ0v) is 29.3. The van der Waals surface area contributed by atoms with Gasteiger partial charge in [0.1, 0.15) is 34.8 Å². The van der Waals surface area contributed by atoms with Gasteiger partial charge in [-0.3, -0.25) is 14.7 Å². The number of carbonyl (C=O) groups is 1. The summed E-state index contributed by atoms with van der Waals surface area (Å²) in [6, 6.07) is 6.97. The van der Waals surface area contributed by atoms with E-state index in [9.17, 15) is 13.6 Å². The van der Waals surface area contributed by atoms with E-state index in [2.05, 4.69) is 19.9 Å². The molecule has 3 aliphatic heterocycles. The summed E-state index contributed by atoms with van der Waals surface area (Å²) in [5.41, 5.74) is 6.19. The Hall–Kier alpha value is -4.23. The molecule has 268 valence electrons. The zero-order valence-electron chi connectivity index (χ0n) is 29.3. The first-order chi connectivity index (χ1) is 23.9. The summed E-state index contributed by atoms with van der Waals surface area (Å²) in [7, 11) is 2.90. The molecule has 3 unspecified atom stereocenters. The van der Waals surface area contributed by atoms with Crippen LogP contribution in [0.1, 0.15) is 52.0 Å². The second-order valence-electron chi connectivity index (χ2n) is 14.2. The van der Waals surface area contributed by atoms with E-state index in [1.807, 2.05) is 25.7 Å². The van der Waals surface area contributed by atoms with E-state index < -0.39 is 29.6 Å². The number of primary amides is 1. The summed E-state index contributed by atoms with van der Waals surface area (Å²) in [4.78, 5) is 29.8. The quantitative estimate of drug-likeness (QED) is 0.215. The molecule has 13 heteroatoms. The number of methoxy groups -OCH3 is 2. The molecule has 2 N–H and O–H groups in total. The van der Waals surface area contributed by atoms with Crippen LogP contribution < -0.4 is 20.1 Å². The number of halogens is 3. The lowest BCUT2D eigenvalue weighted by Crippen LogP contribution is -2.49. The highest BCUT2D eigenvalue weighted by atomic mass is 19.1. The van der Waals surface area contributed by atoms with Crippen molar-refractivity contribution in [2.75, 3.05) is 52.1 Å². The van der Waals surface area contributed by atoms with Gasteiger partial charge in [-0.1, -0.05) is 26.8 Å². The number of nitrogens with two attached hydrogens (primary N) is 1. The number of alkyl halides is 1. The molecular weight excluding hydrogens is 649 g/mol. The number of benzene rings is 2. The first kappa shape index (κ1) is 35.6. The fraction of sp³-hybridized carbons (Fsp3) is 0.514. The van der Waals surface area contributed by atoms with Crippen LogP contribution in [0.2, 0.25) is 0 Å². The zero-order chi connectivity index (χ0) is 35.7. The number of fused-ring (bicyclic) bond motifs is 3. The molecule has 2 aromatic carbocycles. The SMILES string of the molecule is CCc1c(F)ccc2cc(OCOC)cc(-c3ncc4c(N5CC(C(N)=O)CC(C)(C)C5)nc(OC)nc4c3F)c12.FC1CC2CCCN2C1. The number of nitrogens with zero attached hydrogens (tertiary/aromatic N) is 5. The van der Waals surface area contributed by atoms with E-state index in [4.69, 9.17) is 19.9 Å². The van der Waals surface area contributed by atoms with Gasteiger partial charge in [-0.15, -0.1) is 0 Å². The molecule has 2 aromatic heterocycles. The fourth-order valence-electron chi connectivity index (χ4n) is 7.79. The monoisotopic (exact) mass is 694 g/mol. The molecule has 1 amide bonds. The van der Waals surface area contributed by atoms with E-state index in [1.165, 1.54) is 39.3 Å². The standard InChI is InChI=1S/C30H33F2N5O4.C7H12FN/c1-6-19-22(31)8-7-16-9-18(41-15-39-4)10-20(23(16)19)25-24(32)26-21(12-34-25)28(36-29(35-26)40-5)37-13-17(27(33)38)11-30(2,3)14-37;8-6-4-7-2-1-3-9(7)5-6/h7-10,12,17H,6,11,13-15H2,1-5H3,(H2,33,38);6-7H,1-5H2. The largest absolute Gasteiger partial charge is 0.468 e. The van der Waals surface area contributed by atoms with Gasteiger partial charge in [0.2, 0.25) is 5.91 Å². The molecule has 0 aliphatic carbocycles. The van der Waals surface area contributed by atoms with Crippen LogP contribution >= 0.6 is 0 Å². The predicted octanol–water partition coefficient (Wildman–Crippen LogP) is 6.21. The third-order valence-electron chi connectivity index (χ3n) is 9.94. The molecule has 4 aromatic rings. The molecule has 7 rings (SSSR count). The Morgan fingerprint density at radius 2 is 1.94 bits per heavy atom. The van der Waals surface area contributed by atoms with Crippen molar-refractivity contribution < 1.29 is 32.2 Å². The van der Waals surface area contributed by atoms with Crippen LogP contribution in [0.4, 0.5) is 19.0 Å². The predicted molar refractivity (Wildman–Crippen MR) is 186 cm³/mol. The van der Waals surface area contributed by atoms with Gasteiger partial charge in [-0.2, -0.15) is 9.97 Å². The number of anilines is 1. The minimum atomic E-state index is -0.719. The molecule has 3 atom stereocenters. The molecule has 0 spiro atoms. The van der Waals surface area contributed by atoms with Crippen LogP contribution in [0.3, 0.4) is 0 Å². The first-order valence-corrected chi connectivity index (χ1v) is 17.1. The number of carbonyl (C=O) groups excluding carboxylic acids is 1. The van der Waals surface area contributed by atoms with Gasteiger partial charge >= 0.3 is 6.01 Å². The molecule has 3 aliphatic rings. The Bertz CT molecular complexity index is 1880. The van der Waals surface area contributed by atoms with E-state index in [1.54, 1.807) is 18.2 Å². The molecule has 50 heavy (non-hydrogen) atoms.